The molecule has 1 aliphatic heterocycles. The van der Waals surface area contributed by atoms with Crippen LogP contribution in [-0.4, -0.2) is 68.9 Å². The number of halogens is 1. The third-order valence-corrected chi connectivity index (χ3v) is 4.91. The van der Waals surface area contributed by atoms with Crippen molar-refractivity contribution < 1.29 is 13.9 Å². The Kier molecular flexibility index (Phi) is 7.84. The van der Waals surface area contributed by atoms with Crippen LogP contribution >= 0.6 is 0 Å². The van der Waals surface area contributed by atoms with E-state index < -0.39 is 0 Å². The standard InChI is InChI=1S/C22H30FN5O2/c1-17-16-28(11-13-29-17)21-14-18(8-9-25-21)15-26-22(24-2)27(3)10-12-30-20-6-4-19(23)5-7-20/h4-9,14,17H,10-13,15-16H2,1-3H3,(H,24,26). The molecule has 1 aromatic heterocycles. The summed E-state index contributed by atoms with van der Waals surface area (Å²) in [5, 5.41) is 3.38. The third kappa shape index (κ3) is 6.32. The molecule has 1 saturated heterocycles. The van der Waals surface area contributed by atoms with Gasteiger partial charge in [0.2, 0.25) is 0 Å². The van der Waals surface area contributed by atoms with Gasteiger partial charge in [-0.15, -0.1) is 0 Å². The Morgan fingerprint density at radius 3 is 2.90 bits per heavy atom. The molecule has 0 bridgehead atoms. The molecule has 1 aliphatic rings. The number of aliphatic imine (C=N–C) groups is 1. The van der Waals surface area contributed by atoms with E-state index in [0.29, 0.717) is 25.4 Å². The number of rotatable bonds is 7. The van der Waals surface area contributed by atoms with Crippen LogP contribution in [0.1, 0.15) is 12.5 Å². The minimum absolute atomic E-state index is 0.215. The van der Waals surface area contributed by atoms with Gasteiger partial charge in [-0.25, -0.2) is 9.37 Å². The van der Waals surface area contributed by atoms with Crippen molar-refractivity contribution in [1.29, 1.82) is 0 Å². The normalized spacial score (nSPS) is 17.0. The molecule has 2 heterocycles. The molecule has 0 saturated carbocycles. The number of hydrogen-bond donors (Lipinski definition) is 1. The van der Waals surface area contributed by atoms with Gasteiger partial charge in [-0.05, 0) is 48.9 Å². The minimum Gasteiger partial charge on any atom is -0.492 e. The Labute approximate surface area is 177 Å². The number of nitrogens with zero attached hydrogens (tertiary/aromatic N) is 4. The molecule has 1 aromatic carbocycles. The molecule has 0 radical (unpaired) electrons. The Bertz CT molecular complexity index is 831. The summed E-state index contributed by atoms with van der Waals surface area (Å²) in [6.45, 7) is 6.27. The summed E-state index contributed by atoms with van der Waals surface area (Å²) in [6.07, 6.45) is 2.06. The lowest BCUT2D eigenvalue weighted by Gasteiger charge is -2.32. The average molecular weight is 416 g/mol. The van der Waals surface area contributed by atoms with Gasteiger partial charge in [0.05, 0.1) is 19.3 Å². The van der Waals surface area contributed by atoms with Crippen molar-refractivity contribution in [2.45, 2.75) is 19.6 Å². The highest BCUT2D eigenvalue weighted by atomic mass is 19.1. The van der Waals surface area contributed by atoms with Crippen molar-refractivity contribution in [3.8, 4) is 5.75 Å². The van der Waals surface area contributed by atoms with Gasteiger partial charge in [-0.3, -0.25) is 4.99 Å². The lowest BCUT2D eigenvalue weighted by Crippen LogP contribution is -2.42. The van der Waals surface area contributed by atoms with Gasteiger partial charge in [0.1, 0.15) is 24.0 Å². The fraction of sp³-hybridized carbons (Fsp3) is 0.455. The minimum atomic E-state index is -0.272. The van der Waals surface area contributed by atoms with Crippen LogP contribution in [0.2, 0.25) is 0 Å². The van der Waals surface area contributed by atoms with Gasteiger partial charge in [-0.2, -0.15) is 0 Å². The quantitative estimate of drug-likeness (QED) is 0.554. The number of nitrogens with one attached hydrogen (secondary N) is 1. The van der Waals surface area contributed by atoms with Crippen LogP contribution in [0, 0.1) is 5.82 Å². The van der Waals surface area contributed by atoms with Crippen molar-refractivity contribution in [1.82, 2.24) is 15.2 Å². The Morgan fingerprint density at radius 1 is 1.37 bits per heavy atom. The molecule has 1 atom stereocenters. The van der Waals surface area contributed by atoms with Gasteiger partial charge in [0.25, 0.3) is 0 Å². The lowest BCUT2D eigenvalue weighted by molar-refractivity contribution is 0.0529. The van der Waals surface area contributed by atoms with Gasteiger partial charge >= 0.3 is 0 Å². The molecule has 2 aromatic rings. The second-order valence-electron chi connectivity index (χ2n) is 7.27. The van der Waals surface area contributed by atoms with Crippen molar-refractivity contribution >= 4 is 11.8 Å². The molecule has 0 aliphatic carbocycles. The van der Waals surface area contributed by atoms with Crippen LogP contribution in [0.5, 0.6) is 5.75 Å². The molecule has 1 unspecified atom stereocenters. The predicted molar refractivity (Wildman–Crippen MR) is 117 cm³/mol. The van der Waals surface area contributed by atoms with Crippen LogP contribution in [0.4, 0.5) is 10.2 Å². The largest absolute Gasteiger partial charge is 0.492 e. The highest BCUT2D eigenvalue weighted by Gasteiger charge is 2.18. The summed E-state index contributed by atoms with van der Waals surface area (Å²) in [7, 11) is 3.71. The molecule has 162 valence electrons. The fourth-order valence-electron chi connectivity index (χ4n) is 3.27. The molecular weight excluding hydrogens is 385 g/mol. The number of guanidine groups is 1. The summed E-state index contributed by atoms with van der Waals surface area (Å²) in [5.41, 5.74) is 1.14. The smallest absolute Gasteiger partial charge is 0.193 e. The van der Waals surface area contributed by atoms with E-state index >= 15 is 0 Å². The fourth-order valence-corrected chi connectivity index (χ4v) is 3.27. The van der Waals surface area contributed by atoms with Crippen molar-refractivity contribution in [2.75, 3.05) is 51.8 Å². The monoisotopic (exact) mass is 415 g/mol. The van der Waals surface area contributed by atoms with Gasteiger partial charge in [-0.1, -0.05) is 0 Å². The zero-order valence-electron chi connectivity index (χ0n) is 17.8. The van der Waals surface area contributed by atoms with E-state index in [4.69, 9.17) is 9.47 Å². The van der Waals surface area contributed by atoms with Crippen LogP contribution in [-0.2, 0) is 11.3 Å². The van der Waals surface area contributed by atoms with E-state index in [9.17, 15) is 4.39 Å². The molecule has 7 nitrogen and oxygen atoms in total. The number of likely N-dealkylation sites (N-methyl/N-ethyl adjacent to an activating group) is 1. The second kappa shape index (κ2) is 10.8. The molecule has 30 heavy (non-hydrogen) atoms. The van der Waals surface area contributed by atoms with Crippen LogP contribution in [0.15, 0.2) is 47.6 Å². The molecule has 1 N–H and O–H groups in total. The Morgan fingerprint density at radius 2 is 2.17 bits per heavy atom. The van der Waals surface area contributed by atoms with Gasteiger partial charge in [0.15, 0.2) is 5.96 Å². The first kappa shape index (κ1) is 21.8. The van der Waals surface area contributed by atoms with Crippen LogP contribution in [0.25, 0.3) is 0 Å². The molecule has 1 fully saturated rings. The molecular formula is C22H30FN5O2. The maximum Gasteiger partial charge on any atom is 0.193 e. The van der Waals surface area contributed by atoms with E-state index in [1.165, 1.54) is 12.1 Å². The molecule has 8 heteroatoms. The van der Waals surface area contributed by atoms with Gasteiger partial charge < -0.3 is 24.6 Å². The first-order valence-corrected chi connectivity index (χ1v) is 10.2. The Balaban J connectivity index is 1.48. The van der Waals surface area contributed by atoms with Crippen molar-refractivity contribution in [3.05, 3.63) is 54.0 Å². The number of pyridine rings is 1. The topological polar surface area (TPSA) is 62.2 Å². The van der Waals surface area contributed by atoms with E-state index in [-0.39, 0.29) is 11.9 Å². The number of ether oxygens (including phenoxy) is 2. The van der Waals surface area contributed by atoms with E-state index in [0.717, 1.165) is 37.0 Å². The first-order chi connectivity index (χ1) is 14.5. The number of aromatic nitrogens is 1. The van der Waals surface area contributed by atoms with Crippen LogP contribution < -0.4 is 15.0 Å². The average Bonchev–Trinajstić information content (AvgIpc) is 2.76. The summed E-state index contributed by atoms with van der Waals surface area (Å²) in [5.74, 6) is 2.12. The maximum atomic E-state index is 13.0. The first-order valence-electron chi connectivity index (χ1n) is 10.2. The van der Waals surface area contributed by atoms with E-state index in [2.05, 4.69) is 33.2 Å². The summed E-state index contributed by atoms with van der Waals surface area (Å²) >= 11 is 0. The van der Waals surface area contributed by atoms with Gasteiger partial charge in [0, 0.05) is 39.9 Å². The zero-order chi connectivity index (χ0) is 21.3. The lowest BCUT2D eigenvalue weighted by atomic mass is 10.2. The number of hydrogen-bond acceptors (Lipinski definition) is 5. The summed E-state index contributed by atoms with van der Waals surface area (Å²) in [4.78, 5) is 13.1. The van der Waals surface area contributed by atoms with Crippen molar-refractivity contribution in [2.24, 2.45) is 4.99 Å². The van der Waals surface area contributed by atoms with Crippen molar-refractivity contribution in [3.63, 3.8) is 0 Å². The van der Waals surface area contributed by atoms with E-state index in [1.54, 1.807) is 19.2 Å². The SMILES string of the molecule is CN=C(NCc1ccnc(N2CCOC(C)C2)c1)N(C)CCOc1ccc(F)cc1. The number of anilines is 1. The molecule has 0 spiro atoms. The molecule has 3 rings (SSSR count). The highest BCUT2D eigenvalue weighted by Crippen LogP contribution is 2.16. The third-order valence-electron chi connectivity index (χ3n) is 4.91. The Hall–Kier alpha value is -2.87. The van der Waals surface area contributed by atoms with Crippen LogP contribution in [0.3, 0.4) is 0 Å². The summed E-state index contributed by atoms with van der Waals surface area (Å²) < 4.78 is 24.2. The second-order valence-corrected chi connectivity index (χ2v) is 7.27. The van der Waals surface area contributed by atoms with E-state index in [1.807, 2.05) is 24.2 Å². The number of benzene rings is 1. The zero-order valence-corrected chi connectivity index (χ0v) is 17.8. The predicted octanol–water partition coefficient (Wildman–Crippen LogP) is 2.53. The summed E-state index contributed by atoms with van der Waals surface area (Å²) in [6, 6.07) is 10.1. The number of morpholine rings is 1. The molecule has 0 amide bonds. The highest BCUT2D eigenvalue weighted by molar-refractivity contribution is 5.79. The maximum absolute atomic E-state index is 13.0.